The first-order chi connectivity index (χ1) is 13.6. The smallest absolute Gasteiger partial charge is 0.242 e. The van der Waals surface area contributed by atoms with Gasteiger partial charge in [0.2, 0.25) is 21.8 Å². The van der Waals surface area contributed by atoms with Crippen LogP contribution in [0.15, 0.2) is 47.4 Å². The molecule has 2 rings (SSSR count). The van der Waals surface area contributed by atoms with E-state index in [2.05, 4.69) is 10.6 Å². The Balaban J connectivity index is 2.06. The number of hydrogen-bond donors (Lipinski definition) is 2. The molecule has 0 fully saturated rings. The number of benzene rings is 2. The minimum Gasteiger partial charge on any atom is -0.496 e. The van der Waals surface area contributed by atoms with Gasteiger partial charge < -0.3 is 15.4 Å². The number of carbonyl (C=O) groups excluding carboxylic acids is 2. The molecular formula is C20H25N3O5S. The fourth-order valence-electron chi connectivity index (χ4n) is 2.63. The monoisotopic (exact) mass is 419 g/mol. The van der Waals surface area contributed by atoms with Crippen molar-refractivity contribution in [2.45, 2.75) is 24.7 Å². The molecule has 0 aliphatic carbocycles. The number of aryl methyl sites for hydroxylation is 1. The van der Waals surface area contributed by atoms with Crippen molar-refractivity contribution in [2.75, 3.05) is 31.8 Å². The van der Waals surface area contributed by atoms with Crippen molar-refractivity contribution < 1.29 is 22.7 Å². The Kier molecular flexibility index (Phi) is 7.35. The lowest BCUT2D eigenvalue weighted by Crippen LogP contribution is -2.22. The molecule has 0 radical (unpaired) electrons. The largest absolute Gasteiger partial charge is 0.496 e. The van der Waals surface area contributed by atoms with Gasteiger partial charge in [0.15, 0.2) is 0 Å². The lowest BCUT2D eigenvalue weighted by molar-refractivity contribution is -0.116. The van der Waals surface area contributed by atoms with Crippen LogP contribution in [0.4, 0.5) is 11.4 Å². The van der Waals surface area contributed by atoms with Crippen LogP contribution in [0.3, 0.4) is 0 Å². The molecule has 0 saturated carbocycles. The number of carbonyl (C=O) groups is 2. The maximum Gasteiger partial charge on any atom is 0.242 e. The van der Waals surface area contributed by atoms with Gasteiger partial charge in [0, 0.05) is 38.8 Å². The Morgan fingerprint density at radius 1 is 1.00 bits per heavy atom. The normalized spacial score (nSPS) is 11.2. The summed E-state index contributed by atoms with van der Waals surface area (Å²) in [5.74, 6) is 0.129. The van der Waals surface area contributed by atoms with Gasteiger partial charge in [-0.1, -0.05) is 0 Å². The van der Waals surface area contributed by atoms with E-state index in [-0.39, 0.29) is 23.1 Å². The first kappa shape index (κ1) is 22.4. The fourth-order valence-corrected chi connectivity index (χ4v) is 3.59. The molecule has 0 unspecified atom stereocenters. The highest BCUT2D eigenvalue weighted by Crippen LogP contribution is 2.25. The van der Waals surface area contributed by atoms with Crippen LogP contribution in [0.5, 0.6) is 5.75 Å². The summed E-state index contributed by atoms with van der Waals surface area (Å²) in [6.45, 7) is 1.42. The van der Waals surface area contributed by atoms with Gasteiger partial charge in [-0.2, -0.15) is 0 Å². The minimum atomic E-state index is -3.58. The summed E-state index contributed by atoms with van der Waals surface area (Å²) in [4.78, 5) is 23.5. The van der Waals surface area contributed by atoms with E-state index in [0.717, 1.165) is 4.31 Å². The summed E-state index contributed by atoms with van der Waals surface area (Å²) in [5.41, 5.74) is 1.87. The third kappa shape index (κ3) is 6.03. The van der Waals surface area contributed by atoms with Crippen LogP contribution in [0.1, 0.15) is 18.9 Å². The maximum absolute atomic E-state index is 12.3. The molecule has 0 heterocycles. The summed E-state index contributed by atoms with van der Waals surface area (Å²) in [5, 5.41) is 5.43. The van der Waals surface area contributed by atoms with Crippen molar-refractivity contribution in [1.29, 1.82) is 0 Å². The number of anilines is 2. The highest BCUT2D eigenvalue weighted by molar-refractivity contribution is 7.89. The van der Waals surface area contributed by atoms with Crippen molar-refractivity contribution in [3.63, 3.8) is 0 Å². The van der Waals surface area contributed by atoms with Crippen LogP contribution in [-0.4, -0.2) is 45.7 Å². The molecule has 0 bridgehead atoms. The van der Waals surface area contributed by atoms with E-state index < -0.39 is 10.0 Å². The Labute approximate surface area is 170 Å². The number of hydrogen-bond acceptors (Lipinski definition) is 5. The van der Waals surface area contributed by atoms with Crippen molar-refractivity contribution in [1.82, 2.24) is 4.31 Å². The zero-order valence-electron chi connectivity index (χ0n) is 16.9. The van der Waals surface area contributed by atoms with Gasteiger partial charge in [0.25, 0.3) is 0 Å². The van der Waals surface area contributed by atoms with E-state index in [0.29, 0.717) is 29.1 Å². The average Bonchev–Trinajstić information content (AvgIpc) is 2.67. The fraction of sp³-hybridized carbons (Fsp3) is 0.300. The zero-order chi connectivity index (χ0) is 21.6. The van der Waals surface area contributed by atoms with Crippen molar-refractivity contribution in [3.05, 3.63) is 48.0 Å². The maximum atomic E-state index is 12.3. The van der Waals surface area contributed by atoms with Crippen LogP contribution in [-0.2, 0) is 26.0 Å². The summed E-state index contributed by atoms with van der Waals surface area (Å²) in [7, 11) is 0.843. The summed E-state index contributed by atoms with van der Waals surface area (Å²) in [6.07, 6.45) is 0.463. The summed E-state index contributed by atoms with van der Waals surface area (Å²) in [6, 6.07) is 11.4. The van der Waals surface area contributed by atoms with Crippen molar-refractivity contribution >= 4 is 33.2 Å². The second kappa shape index (κ2) is 9.53. The molecular weight excluding hydrogens is 394 g/mol. The topological polar surface area (TPSA) is 105 Å². The summed E-state index contributed by atoms with van der Waals surface area (Å²) < 4.78 is 31.1. The van der Waals surface area contributed by atoms with Gasteiger partial charge in [-0.3, -0.25) is 9.59 Å². The molecule has 0 aromatic heterocycles. The molecule has 0 atom stereocenters. The molecule has 0 spiro atoms. The molecule has 2 aromatic carbocycles. The second-order valence-corrected chi connectivity index (χ2v) is 8.72. The quantitative estimate of drug-likeness (QED) is 0.684. The van der Waals surface area contributed by atoms with Gasteiger partial charge >= 0.3 is 0 Å². The Bertz CT molecular complexity index is 986. The highest BCUT2D eigenvalue weighted by atomic mass is 32.2. The van der Waals surface area contributed by atoms with Gasteiger partial charge in [0.05, 0.1) is 12.0 Å². The van der Waals surface area contributed by atoms with Crippen LogP contribution in [0, 0.1) is 0 Å². The first-order valence-corrected chi connectivity index (χ1v) is 10.3. The number of nitrogens with zero attached hydrogens (tertiary/aromatic N) is 1. The van der Waals surface area contributed by atoms with E-state index in [1.807, 2.05) is 0 Å². The molecule has 29 heavy (non-hydrogen) atoms. The van der Waals surface area contributed by atoms with Crippen molar-refractivity contribution in [2.24, 2.45) is 0 Å². The van der Waals surface area contributed by atoms with E-state index in [4.69, 9.17) is 4.74 Å². The number of amides is 2. The molecule has 9 heteroatoms. The Morgan fingerprint density at radius 3 is 2.10 bits per heavy atom. The third-order valence-corrected chi connectivity index (χ3v) is 5.95. The summed E-state index contributed by atoms with van der Waals surface area (Å²) >= 11 is 0. The molecule has 2 amide bonds. The van der Waals surface area contributed by atoms with Crippen LogP contribution in [0.2, 0.25) is 0 Å². The van der Waals surface area contributed by atoms with Crippen LogP contribution in [0.25, 0.3) is 0 Å². The molecule has 8 nitrogen and oxygen atoms in total. The molecule has 0 aliphatic heterocycles. The van der Waals surface area contributed by atoms with Gasteiger partial charge in [0.1, 0.15) is 5.75 Å². The second-order valence-electron chi connectivity index (χ2n) is 6.57. The molecule has 0 saturated heterocycles. The molecule has 2 N–H and O–H groups in total. The van der Waals surface area contributed by atoms with E-state index in [9.17, 15) is 18.0 Å². The standard InChI is InChI=1S/C20H25N3O5S/c1-14(24)21-16-6-8-17(9-7-16)22-20(25)12-5-15-13-18(10-11-19(15)28-4)29(26,27)23(2)3/h6-11,13H,5,12H2,1-4H3,(H,21,24)(H,22,25). The number of rotatable bonds is 8. The number of methoxy groups -OCH3 is 1. The van der Waals surface area contributed by atoms with Crippen LogP contribution < -0.4 is 15.4 Å². The third-order valence-electron chi connectivity index (χ3n) is 4.14. The number of nitrogens with one attached hydrogen (secondary N) is 2. The van der Waals surface area contributed by atoms with E-state index >= 15 is 0 Å². The Hall–Kier alpha value is -2.91. The van der Waals surface area contributed by atoms with E-state index in [1.165, 1.54) is 40.3 Å². The van der Waals surface area contributed by atoms with Gasteiger partial charge in [-0.25, -0.2) is 12.7 Å². The minimum absolute atomic E-state index is 0.146. The molecule has 0 aliphatic rings. The first-order valence-electron chi connectivity index (χ1n) is 8.90. The van der Waals surface area contributed by atoms with Crippen molar-refractivity contribution in [3.8, 4) is 5.75 Å². The lowest BCUT2D eigenvalue weighted by atomic mass is 10.1. The number of ether oxygens (including phenoxy) is 1. The predicted molar refractivity (Wildman–Crippen MR) is 112 cm³/mol. The predicted octanol–water partition coefficient (Wildman–Crippen LogP) is 2.48. The molecule has 2 aromatic rings. The van der Waals surface area contributed by atoms with Crippen LogP contribution >= 0.6 is 0 Å². The van der Waals surface area contributed by atoms with Gasteiger partial charge in [-0.15, -0.1) is 0 Å². The van der Waals surface area contributed by atoms with E-state index in [1.54, 1.807) is 30.3 Å². The SMILES string of the molecule is COc1ccc(S(=O)(=O)N(C)C)cc1CCC(=O)Nc1ccc(NC(C)=O)cc1. The average molecular weight is 420 g/mol. The Morgan fingerprint density at radius 2 is 1.59 bits per heavy atom. The zero-order valence-corrected chi connectivity index (χ0v) is 17.7. The lowest BCUT2D eigenvalue weighted by Gasteiger charge is -2.14. The molecule has 156 valence electrons. The number of sulfonamides is 1. The van der Waals surface area contributed by atoms with Gasteiger partial charge in [-0.05, 0) is 54.4 Å². The highest BCUT2D eigenvalue weighted by Gasteiger charge is 2.19.